The first kappa shape index (κ1) is 21.0. The Kier molecular flexibility index (Phi) is 6.01. The van der Waals surface area contributed by atoms with Gasteiger partial charge in [-0.1, -0.05) is 5.21 Å². The molecule has 1 aliphatic rings. The minimum atomic E-state index is -4.81. The highest BCUT2D eigenvalue weighted by molar-refractivity contribution is 5.88. The second kappa shape index (κ2) is 7.73. The summed E-state index contributed by atoms with van der Waals surface area (Å²) in [6, 6.07) is -0.643. The third-order valence-electron chi connectivity index (χ3n) is 3.89. The predicted molar refractivity (Wildman–Crippen MR) is 87.1 cm³/mol. The molecule has 8 nitrogen and oxygen atoms in total. The van der Waals surface area contributed by atoms with Crippen LogP contribution in [0.1, 0.15) is 62.8 Å². The van der Waals surface area contributed by atoms with Gasteiger partial charge in [0.2, 0.25) is 5.69 Å². The van der Waals surface area contributed by atoms with E-state index in [2.05, 4.69) is 15.0 Å². The van der Waals surface area contributed by atoms with E-state index in [1.54, 1.807) is 20.8 Å². The van der Waals surface area contributed by atoms with Gasteiger partial charge in [0.05, 0.1) is 12.6 Å². The number of amides is 1. The quantitative estimate of drug-likeness (QED) is 0.735. The van der Waals surface area contributed by atoms with Crippen LogP contribution < -0.4 is 0 Å². The number of carbonyl (C=O) groups excluding carboxylic acids is 2. The van der Waals surface area contributed by atoms with E-state index in [-0.39, 0.29) is 32.5 Å². The van der Waals surface area contributed by atoms with Gasteiger partial charge in [-0.25, -0.2) is 14.3 Å². The predicted octanol–water partition coefficient (Wildman–Crippen LogP) is 3.05. The fourth-order valence-electron chi connectivity index (χ4n) is 2.77. The zero-order chi connectivity index (χ0) is 20.4. The largest absolute Gasteiger partial charge is 0.461 e. The van der Waals surface area contributed by atoms with Crippen LogP contribution in [0.15, 0.2) is 0 Å². The molecule has 0 spiro atoms. The smallest absolute Gasteiger partial charge is 0.435 e. The monoisotopic (exact) mass is 392 g/mol. The molecule has 1 saturated heterocycles. The number of carbonyl (C=O) groups is 2. The molecule has 2 rings (SSSR count). The van der Waals surface area contributed by atoms with Gasteiger partial charge < -0.3 is 14.4 Å². The Balaban J connectivity index is 2.16. The van der Waals surface area contributed by atoms with Crippen molar-refractivity contribution in [2.75, 3.05) is 19.7 Å². The maximum absolute atomic E-state index is 13.5. The van der Waals surface area contributed by atoms with Crippen LogP contribution in [0.3, 0.4) is 0 Å². The van der Waals surface area contributed by atoms with Gasteiger partial charge in [-0.2, -0.15) is 13.2 Å². The summed E-state index contributed by atoms with van der Waals surface area (Å²) in [6.45, 7) is 7.05. The van der Waals surface area contributed by atoms with Crippen molar-refractivity contribution in [2.24, 2.45) is 0 Å². The molecule has 1 aliphatic heterocycles. The van der Waals surface area contributed by atoms with Crippen LogP contribution in [0.25, 0.3) is 0 Å². The summed E-state index contributed by atoms with van der Waals surface area (Å²) in [4.78, 5) is 25.3. The Morgan fingerprint density at radius 2 is 1.78 bits per heavy atom. The van der Waals surface area contributed by atoms with Gasteiger partial charge in [0.15, 0.2) is 5.69 Å². The fourth-order valence-corrected chi connectivity index (χ4v) is 2.77. The summed E-state index contributed by atoms with van der Waals surface area (Å²) in [5.41, 5.74) is -2.73. The minimum absolute atomic E-state index is 0.0722. The molecular formula is C16H23F3N4O4. The van der Waals surface area contributed by atoms with Crippen molar-refractivity contribution in [3.63, 3.8) is 0 Å². The van der Waals surface area contributed by atoms with Gasteiger partial charge in [0, 0.05) is 13.1 Å². The maximum Gasteiger partial charge on any atom is 0.435 e. The average Bonchev–Trinajstić information content (AvgIpc) is 2.99. The molecule has 1 aromatic heterocycles. The third-order valence-corrected chi connectivity index (χ3v) is 3.89. The van der Waals surface area contributed by atoms with Gasteiger partial charge in [0.25, 0.3) is 0 Å². The summed E-state index contributed by atoms with van der Waals surface area (Å²) in [6.07, 6.45) is -4.86. The van der Waals surface area contributed by atoms with Crippen molar-refractivity contribution in [1.82, 2.24) is 19.9 Å². The van der Waals surface area contributed by atoms with E-state index in [4.69, 9.17) is 4.74 Å². The highest BCUT2D eigenvalue weighted by Crippen LogP contribution is 2.35. The van der Waals surface area contributed by atoms with Gasteiger partial charge in [0.1, 0.15) is 5.60 Å². The molecule has 0 aromatic carbocycles. The standard InChI is InChI=1S/C16H23F3N4O4/c1-5-26-13(24)11-12(16(17,18)19)23(21-20-11)10-6-8-22(9-7-10)14(25)27-15(2,3)4/h10H,5-9H2,1-4H3. The molecule has 152 valence electrons. The number of aromatic nitrogens is 3. The summed E-state index contributed by atoms with van der Waals surface area (Å²) in [5.74, 6) is -1.16. The zero-order valence-electron chi connectivity index (χ0n) is 15.7. The molecule has 0 aliphatic carbocycles. The molecule has 11 heteroatoms. The van der Waals surface area contributed by atoms with Crippen molar-refractivity contribution >= 4 is 12.1 Å². The molecule has 0 radical (unpaired) electrons. The van der Waals surface area contributed by atoms with Gasteiger partial charge >= 0.3 is 18.2 Å². The fraction of sp³-hybridized carbons (Fsp3) is 0.750. The number of hydrogen-bond acceptors (Lipinski definition) is 6. The number of likely N-dealkylation sites (tertiary alicyclic amines) is 1. The average molecular weight is 392 g/mol. The first-order valence-electron chi connectivity index (χ1n) is 8.61. The number of nitrogens with zero attached hydrogens (tertiary/aromatic N) is 4. The van der Waals surface area contributed by atoms with E-state index in [0.717, 1.165) is 4.68 Å². The van der Waals surface area contributed by atoms with E-state index in [9.17, 15) is 22.8 Å². The molecule has 0 unspecified atom stereocenters. The van der Waals surface area contributed by atoms with Crippen LogP contribution in [-0.4, -0.2) is 57.3 Å². The lowest BCUT2D eigenvalue weighted by atomic mass is 10.0. The lowest BCUT2D eigenvalue weighted by Gasteiger charge is -2.33. The van der Waals surface area contributed by atoms with Crippen LogP contribution in [0.2, 0.25) is 0 Å². The maximum atomic E-state index is 13.5. The van der Waals surface area contributed by atoms with Gasteiger partial charge in [-0.05, 0) is 40.5 Å². The topological polar surface area (TPSA) is 86.5 Å². The minimum Gasteiger partial charge on any atom is -0.461 e. The molecule has 0 atom stereocenters. The number of alkyl halides is 3. The molecule has 2 heterocycles. The number of hydrogen-bond donors (Lipinski definition) is 0. The SMILES string of the molecule is CCOC(=O)c1nnn(C2CCN(C(=O)OC(C)(C)C)CC2)c1C(F)(F)F. The molecule has 0 saturated carbocycles. The van der Waals surface area contributed by atoms with E-state index >= 15 is 0 Å². The van der Waals surface area contributed by atoms with Gasteiger partial charge in [-0.3, -0.25) is 0 Å². The van der Waals surface area contributed by atoms with Crippen molar-refractivity contribution < 1.29 is 32.2 Å². The van der Waals surface area contributed by atoms with Crippen LogP contribution >= 0.6 is 0 Å². The Labute approximate surface area is 154 Å². The molecule has 1 aromatic rings. The Morgan fingerprint density at radius 1 is 1.19 bits per heavy atom. The highest BCUT2D eigenvalue weighted by Gasteiger charge is 2.44. The zero-order valence-corrected chi connectivity index (χ0v) is 15.7. The van der Waals surface area contributed by atoms with Crippen LogP contribution in [0.5, 0.6) is 0 Å². The lowest BCUT2D eigenvalue weighted by Crippen LogP contribution is -2.42. The Hall–Kier alpha value is -2.33. The van der Waals surface area contributed by atoms with Crippen LogP contribution in [0.4, 0.5) is 18.0 Å². The second-order valence-corrected chi connectivity index (χ2v) is 7.15. The third kappa shape index (κ3) is 5.10. The first-order chi connectivity index (χ1) is 12.4. The van der Waals surface area contributed by atoms with E-state index in [0.29, 0.717) is 0 Å². The normalized spacial score (nSPS) is 16.3. The van der Waals surface area contributed by atoms with E-state index in [1.807, 2.05) is 0 Å². The summed E-state index contributed by atoms with van der Waals surface area (Å²) in [5, 5.41) is 6.94. The summed E-state index contributed by atoms with van der Waals surface area (Å²) >= 11 is 0. The van der Waals surface area contributed by atoms with Crippen molar-refractivity contribution in [1.29, 1.82) is 0 Å². The van der Waals surface area contributed by atoms with Gasteiger partial charge in [-0.15, -0.1) is 5.10 Å². The van der Waals surface area contributed by atoms with E-state index in [1.165, 1.54) is 11.8 Å². The number of halogens is 3. The van der Waals surface area contributed by atoms with E-state index < -0.39 is 41.3 Å². The first-order valence-corrected chi connectivity index (χ1v) is 8.61. The Morgan fingerprint density at radius 3 is 2.26 bits per heavy atom. The molecule has 27 heavy (non-hydrogen) atoms. The number of esters is 1. The lowest BCUT2D eigenvalue weighted by molar-refractivity contribution is -0.146. The molecule has 1 amide bonds. The highest BCUT2D eigenvalue weighted by atomic mass is 19.4. The van der Waals surface area contributed by atoms with Crippen LogP contribution in [-0.2, 0) is 15.7 Å². The Bertz CT molecular complexity index is 689. The second-order valence-electron chi connectivity index (χ2n) is 7.15. The van der Waals surface area contributed by atoms with Crippen molar-refractivity contribution in [2.45, 2.75) is 58.4 Å². The van der Waals surface area contributed by atoms with Crippen molar-refractivity contribution in [3.8, 4) is 0 Å². The number of rotatable bonds is 3. The molecule has 1 fully saturated rings. The molecule has 0 bridgehead atoms. The molecular weight excluding hydrogens is 369 g/mol. The summed E-state index contributed by atoms with van der Waals surface area (Å²) in [7, 11) is 0. The number of piperidine rings is 1. The number of ether oxygens (including phenoxy) is 2. The van der Waals surface area contributed by atoms with Crippen LogP contribution in [0, 0.1) is 0 Å². The molecule has 0 N–H and O–H groups in total. The van der Waals surface area contributed by atoms with Crippen molar-refractivity contribution in [3.05, 3.63) is 11.4 Å². The summed E-state index contributed by atoms with van der Waals surface area (Å²) < 4.78 is 51.1.